The Morgan fingerprint density at radius 3 is 2.54 bits per heavy atom. The van der Waals surface area contributed by atoms with Crippen LogP contribution in [0.3, 0.4) is 0 Å². The molecule has 5 rings (SSSR count). The fourth-order valence-electron chi connectivity index (χ4n) is 4.82. The molecule has 0 aliphatic heterocycles. The van der Waals surface area contributed by atoms with Crippen LogP contribution in [0.4, 0.5) is 5.82 Å². The first-order valence-corrected chi connectivity index (χ1v) is 12.5. The van der Waals surface area contributed by atoms with Gasteiger partial charge in [-0.1, -0.05) is 36.4 Å². The Labute approximate surface area is 216 Å². The summed E-state index contributed by atoms with van der Waals surface area (Å²) in [4.78, 5) is 17.4. The fraction of sp³-hybridized carbons (Fsp3) is 0.276. The average molecular weight is 498 g/mol. The summed E-state index contributed by atoms with van der Waals surface area (Å²) in [5.74, 6) is -0.0512. The molecule has 0 bridgehead atoms. The van der Waals surface area contributed by atoms with Crippen molar-refractivity contribution in [2.24, 2.45) is 7.05 Å². The highest BCUT2D eigenvalue weighted by atomic mass is 16.5. The number of aromatic nitrogens is 3. The zero-order chi connectivity index (χ0) is 25.8. The maximum Gasteiger partial charge on any atom is 0.255 e. The Morgan fingerprint density at radius 2 is 1.81 bits per heavy atom. The summed E-state index contributed by atoms with van der Waals surface area (Å²) < 4.78 is 7.99. The minimum Gasteiger partial charge on any atom is -0.392 e. The van der Waals surface area contributed by atoms with Gasteiger partial charge < -0.3 is 20.9 Å². The van der Waals surface area contributed by atoms with Crippen molar-refractivity contribution in [2.75, 3.05) is 5.73 Å². The van der Waals surface area contributed by atoms with Crippen molar-refractivity contribution in [2.45, 2.75) is 44.6 Å². The quantitative estimate of drug-likeness (QED) is 0.338. The van der Waals surface area contributed by atoms with Gasteiger partial charge in [-0.15, -0.1) is 0 Å². The Bertz CT molecular complexity index is 1400. The lowest BCUT2D eigenvalue weighted by molar-refractivity contribution is 0.0272. The van der Waals surface area contributed by atoms with Gasteiger partial charge in [-0.2, -0.15) is 5.10 Å². The first-order valence-electron chi connectivity index (χ1n) is 12.5. The van der Waals surface area contributed by atoms with Gasteiger partial charge in [0.1, 0.15) is 5.82 Å². The van der Waals surface area contributed by atoms with Crippen LogP contribution in [0.1, 0.15) is 40.7 Å². The molecule has 4 aromatic rings. The van der Waals surface area contributed by atoms with Crippen LogP contribution in [0.25, 0.3) is 22.3 Å². The summed E-state index contributed by atoms with van der Waals surface area (Å²) >= 11 is 0. The number of anilines is 1. The van der Waals surface area contributed by atoms with Crippen LogP contribution in [0.15, 0.2) is 73.2 Å². The van der Waals surface area contributed by atoms with Gasteiger partial charge in [-0.25, -0.2) is 4.98 Å². The molecule has 2 aromatic carbocycles. The van der Waals surface area contributed by atoms with Gasteiger partial charge in [-0.05, 0) is 59.7 Å². The van der Waals surface area contributed by atoms with Crippen LogP contribution < -0.4 is 11.1 Å². The number of aliphatic hydroxyl groups excluding tert-OH is 1. The molecule has 1 amide bonds. The molecule has 1 aliphatic rings. The second-order valence-electron chi connectivity index (χ2n) is 9.48. The van der Waals surface area contributed by atoms with Gasteiger partial charge in [0.2, 0.25) is 0 Å². The number of benzene rings is 2. The maximum absolute atomic E-state index is 13.2. The molecule has 4 N–H and O–H groups in total. The topological polar surface area (TPSA) is 115 Å². The first-order chi connectivity index (χ1) is 18.0. The molecular weight excluding hydrogens is 466 g/mol. The number of hydrogen-bond acceptors (Lipinski definition) is 6. The number of rotatable bonds is 8. The molecule has 8 heteroatoms. The van der Waals surface area contributed by atoms with E-state index in [-0.39, 0.29) is 30.5 Å². The number of aryl methyl sites for hydroxylation is 1. The normalized spacial score (nSPS) is 17.1. The molecule has 0 radical (unpaired) electrons. The monoisotopic (exact) mass is 497 g/mol. The highest BCUT2D eigenvalue weighted by molar-refractivity contribution is 5.99. The van der Waals surface area contributed by atoms with Crippen molar-refractivity contribution in [3.05, 3.63) is 89.9 Å². The molecule has 2 aromatic heterocycles. The smallest absolute Gasteiger partial charge is 0.255 e. The van der Waals surface area contributed by atoms with Crippen molar-refractivity contribution in [3.63, 3.8) is 0 Å². The van der Waals surface area contributed by atoms with E-state index in [4.69, 9.17) is 10.5 Å². The van der Waals surface area contributed by atoms with Gasteiger partial charge in [0.05, 0.1) is 37.1 Å². The maximum atomic E-state index is 13.2. The van der Waals surface area contributed by atoms with Crippen LogP contribution in [0, 0.1) is 0 Å². The van der Waals surface area contributed by atoms with Crippen molar-refractivity contribution < 1.29 is 14.6 Å². The van der Waals surface area contributed by atoms with E-state index in [1.54, 1.807) is 23.1 Å². The van der Waals surface area contributed by atoms with Gasteiger partial charge in [-0.3, -0.25) is 9.48 Å². The molecule has 37 heavy (non-hydrogen) atoms. The van der Waals surface area contributed by atoms with E-state index in [9.17, 15) is 9.90 Å². The molecule has 1 fully saturated rings. The molecular formula is C29H31N5O3. The van der Waals surface area contributed by atoms with Crippen molar-refractivity contribution in [3.8, 4) is 22.3 Å². The van der Waals surface area contributed by atoms with E-state index < -0.39 is 0 Å². The van der Waals surface area contributed by atoms with E-state index in [0.717, 1.165) is 52.6 Å². The van der Waals surface area contributed by atoms with Crippen LogP contribution in [0.2, 0.25) is 0 Å². The number of nitrogens with one attached hydrogen (secondary N) is 1. The molecule has 1 aliphatic carbocycles. The molecule has 1 saturated carbocycles. The fourth-order valence-corrected chi connectivity index (χ4v) is 4.82. The lowest BCUT2D eigenvalue weighted by Crippen LogP contribution is -2.41. The zero-order valence-corrected chi connectivity index (χ0v) is 20.8. The van der Waals surface area contributed by atoms with Crippen LogP contribution in [-0.2, 0) is 25.0 Å². The third-order valence-electron chi connectivity index (χ3n) is 6.80. The van der Waals surface area contributed by atoms with Crippen LogP contribution in [-0.4, -0.2) is 37.9 Å². The highest BCUT2D eigenvalue weighted by Crippen LogP contribution is 2.27. The third-order valence-corrected chi connectivity index (χ3v) is 6.80. The number of hydrogen-bond donors (Lipinski definition) is 3. The molecule has 0 unspecified atom stereocenters. The summed E-state index contributed by atoms with van der Waals surface area (Å²) in [7, 11) is 1.84. The van der Waals surface area contributed by atoms with E-state index in [0.29, 0.717) is 12.2 Å². The lowest BCUT2D eigenvalue weighted by atomic mass is 10.0. The number of nitrogens with zero attached hydrogens (tertiary/aromatic N) is 3. The number of nitrogens with two attached hydrogens (primary N) is 1. The summed E-state index contributed by atoms with van der Waals surface area (Å²) in [6, 6.07) is 17.8. The zero-order valence-electron chi connectivity index (χ0n) is 20.8. The minimum absolute atomic E-state index is 0.0148. The number of carbonyl (C=O) groups is 1. The summed E-state index contributed by atoms with van der Waals surface area (Å²) in [5.41, 5.74) is 12.1. The number of amides is 1. The van der Waals surface area contributed by atoms with Crippen molar-refractivity contribution in [1.82, 2.24) is 20.1 Å². The van der Waals surface area contributed by atoms with E-state index >= 15 is 0 Å². The van der Waals surface area contributed by atoms with Crippen LogP contribution in [0.5, 0.6) is 0 Å². The Balaban J connectivity index is 1.24. The molecule has 0 spiro atoms. The van der Waals surface area contributed by atoms with Crippen LogP contribution >= 0.6 is 0 Å². The van der Waals surface area contributed by atoms with Crippen molar-refractivity contribution in [1.29, 1.82) is 0 Å². The van der Waals surface area contributed by atoms with E-state index in [1.165, 1.54) is 0 Å². The molecule has 2 atom stereocenters. The summed E-state index contributed by atoms with van der Waals surface area (Å²) in [6.07, 6.45) is 7.88. The minimum atomic E-state index is -0.248. The van der Waals surface area contributed by atoms with Gasteiger partial charge in [0.15, 0.2) is 0 Å². The third kappa shape index (κ3) is 5.71. The molecule has 190 valence electrons. The molecule has 0 saturated heterocycles. The predicted octanol–water partition coefficient (Wildman–Crippen LogP) is 4.09. The average Bonchev–Trinajstić information content (AvgIpc) is 3.56. The molecule has 8 nitrogen and oxygen atoms in total. The van der Waals surface area contributed by atoms with Gasteiger partial charge >= 0.3 is 0 Å². The Morgan fingerprint density at radius 1 is 1.05 bits per heavy atom. The van der Waals surface area contributed by atoms with E-state index in [2.05, 4.69) is 27.5 Å². The number of ether oxygens (including phenoxy) is 1. The second-order valence-corrected chi connectivity index (χ2v) is 9.48. The largest absolute Gasteiger partial charge is 0.392 e. The number of aliphatic hydroxyl groups is 1. The Hall–Kier alpha value is -4.01. The standard InChI is InChI=1S/C29H31N5O3/c1-34-16-24(15-32-34)23-13-25(28(30)31-14-23)29(36)33-26-9-4-10-27(26)37-18-20-6-3-8-22(12-20)21-7-2-5-19(11-21)17-35/h2-3,5-8,11-16,26-27,35H,4,9-10,17-18H2,1H3,(H2,30,31)(H,33,36)/t26-,27-/m0/s1. The van der Waals surface area contributed by atoms with Gasteiger partial charge in [0.25, 0.3) is 5.91 Å². The van der Waals surface area contributed by atoms with Crippen molar-refractivity contribution >= 4 is 11.7 Å². The summed E-state index contributed by atoms with van der Waals surface area (Å²) in [6.45, 7) is 0.464. The Kier molecular flexibility index (Phi) is 7.30. The van der Waals surface area contributed by atoms with E-state index in [1.807, 2.05) is 49.6 Å². The second kappa shape index (κ2) is 10.9. The number of carbonyl (C=O) groups excluding carboxylic acids is 1. The highest BCUT2D eigenvalue weighted by Gasteiger charge is 2.30. The summed E-state index contributed by atoms with van der Waals surface area (Å²) in [5, 5.41) is 16.8. The number of nitrogen functional groups attached to an aromatic ring is 1. The first kappa shape index (κ1) is 24.7. The predicted molar refractivity (Wildman–Crippen MR) is 142 cm³/mol. The molecule has 2 heterocycles. The lowest BCUT2D eigenvalue weighted by Gasteiger charge is -2.22. The number of pyridine rings is 1. The SMILES string of the molecule is Cn1cc(-c2cnc(N)c(C(=O)N[C@H]3CCC[C@@H]3OCc3cccc(-c4cccc(CO)c4)c3)c2)cn1. The van der Waals surface area contributed by atoms with Gasteiger partial charge in [0, 0.05) is 30.6 Å².